The van der Waals surface area contributed by atoms with E-state index in [0.717, 1.165) is 5.01 Å². The van der Waals surface area contributed by atoms with Gasteiger partial charge in [-0.15, -0.1) is 10.2 Å². The standard InChI is InChI=1S/C20H18N4O4S/c1-10(2)18-22-23-20(29-18)24-15(12-5-4-8-21-9-12)14(17(26)19(24)27)16(25)13-7-6-11(3)28-13/h4-10,14-15H,1-3H3/p+1. The Kier molecular flexibility index (Phi) is 4.83. The summed E-state index contributed by atoms with van der Waals surface area (Å²) < 4.78 is 5.44. The third-order valence-electron chi connectivity index (χ3n) is 4.77. The first-order valence-electron chi connectivity index (χ1n) is 9.16. The lowest BCUT2D eigenvalue weighted by molar-refractivity contribution is -0.378. The Hall–Kier alpha value is -3.20. The zero-order valence-corrected chi connectivity index (χ0v) is 16.9. The molecule has 4 heterocycles. The first-order chi connectivity index (χ1) is 13.9. The Morgan fingerprint density at radius 1 is 1.24 bits per heavy atom. The highest BCUT2D eigenvalue weighted by atomic mass is 32.1. The molecule has 0 saturated carbocycles. The number of aryl methyl sites for hydroxylation is 1. The summed E-state index contributed by atoms with van der Waals surface area (Å²) in [5.74, 6) is -2.57. The molecule has 0 aromatic carbocycles. The van der Waals surface area contributed by atoms with Crippen LogP contribution in [-0.2, 0) is 9.59 Å². The fourth-order valence-electron chi connectivity index (χ4n) is 3.35. The van der Waals surface area contributed by atoms with Gasteiger partial charge < -0.3 is 4.42 Å². The highest BCUT2D eigenvalue weighted by Crippen LogP contribution is 2.42. The van der Waals surface area contributed by atoms with Crippen molar-refractivity contribution in [1.29, 1.82) is 0 Å². The molecule has 1 amide bonds. The third kappa shape index (κ3) is 3.27. The highest BCUT2D eigenvalue weighted by molar-refractivity contribution is 7.15. The maximum Gasteiger partial charge on any atom is 0.297 e. The molecule has 2 atom stereocenters. The zero-order chi connectivity index (χ0) is 20.7. The molecule has 0 bridgehead atoms. The van der Waals surface area contributed by atoms with Crippen molar-refractivity contribution in [3.05, 3.63) is 58.8 Å². The van der Waals surface area contributed by atoms with Crippen molar-refractivity contribution in [2.75, 3.05) is 4.90 Å². The van der Waals surface area contributed by atoms with Gasteiger partial charge in [0.2, 0.25) is 16.7 Å². The van der Waals surface area contributed by atoms with Gasteiger partial charge in [0.05, 0.1) is 6.04 Å². The molecule has 1 aliphatic rings. The molecule has 3 aromatic rings. The highest BCUT2D eigenvalue weighted by Gasteiger charge is 2.54. The van der Waals surface area contributed by atoms with E-state index in [0.29, 0.717) is 16.5 Å². The summed E-state index contributed by atoms with van der Waals surface area (Å²) in [6.45, 7) is 5.65. The summed E-state index contributed by atoms with van der Waals surface area (Å²) in [5, 5.41) is 9.30. The summed E-state index contributed by atoms with van der Waals surface area (Å²) in [5.41, 5.74) is 0.620. The van der Waals surface area contributed by atoms with Crippen LogP contribution in [0.15, 0.2) is 41.1 Å². The summed E-state index contributed by atoms with van der Waals surface area (Å²) in [4.78, 5) is 43.3. The van der Waals surface area contributed by atoms with E-state index in [1.54, 1.807) is 37.5 Å². The number of aromatic amines is 1. The number of hydrogen-bond donors (Lipinski definition) is 0. The van der Waals surface area contributed by atoms with Gasteiger partial charge in [-0.25, -0.2) is 4.98 Å². The number of furan rings is 1. The van der Waals surface area contributed by atoms with E-state index in [-0.39, 0.29) is 11.7 Å². The largest absolute Gasteiger partial charge is 0.458 e. The number of H-pyrrole nitrogens is 1. The normalized spacial score (nSPS) is 19.4. The second-order valence-corrected chi connectivity index (χ2v) is 8.14. The van der Waals surface area contributed by atoms with E-state index in [2.05, 4.69) is 15.2 Å². The molecular weight excluding hydrogens is 392 g/mol. The van der Waals surface area contributed by atoms with Gasteiger partial charge in [-0.2, -0.15) is 0 Å². The van der Waals surface area contributed by atoms with Gasteiger partial charge in [-0.05, 0) is 25.1 Å². The zero-order valence-electron chi connectivity index (χ0n) is 16.1. The molecule has 0 radical (unpaired) electrons. The quantitative estimate of drug-likeness (QED) is 0.363. The van der Waals surface area contributed by atoms with E-state index >= 15 is 0 Å². The lowest BCUT2D eigenvalue weighted by atomic mass is 9.89. The van der Waals surface area contributed by atoms with Crippen LogP contribution in [0.5, 0.6) is 0 Å². The van der Waals surface area contributed by atoms with Crippen LogP contribution >= 0.6 is 11.3 Å². The molecule has 4 rings (SSSR count). The Bertz CT molecular complexity index is 1090. The average molecular weight is 411 g/mol. The second kappa shape index (κ2) is 7.32. The van der Waals surface area contributed by atoms with Gasteiger partial charge in [-0.1, -0.05) is 25.2 Å². The maximum atomic E-state index is 13.2. The van der Waals surface area contributed by atoms with Crippen molar-refractivity contribution < 1.29 is 23.8 Å². The van der Waals surface area contributed by atoms with E-state index in [1.807, 2.05) is 13.8 Å². The number of hydrogen-bond acceptors (Lipinski definition) is 7. The molecular formula is C20H19N4O4S+. The lowest BCUT2D eigenvalue weighted by Gasteiger charge is -2.22. The Balaban J connectivity index is 1.83. The van der Waals surface area contributed by atoms with Crippen LogP contribution in [0.3, 0.4) is 0 Å². The number of nitrogens with zero attached hydrogens (tertiary/aromatic N) is 3. The number of amides is 1. The molecule has 9 heteroatoms. The number of carbonyl (C=O) groups excluding carboxylic acids is 3. The van der Waals surface area contributed by atoms with Crippen molar-refractivity contribution in [3.63, 3.8) is 0 Å². The van der Waals surface area contributed by atoms with Gasteiger partial charge in [0.1, 0.15) is 16.7 Å². The van der Waals surface area contributed by atoms with Crippen molar-refractivity contribution in [1.82, 2.24) is 10.2 Å². The first-order valence-corrected chi connectivity index (χ1v) is 9.97. The smallest absolute Gasteiger partial charge is 0.297 e. The molecule has 29 heavy (non-hydrogen) atoms. The van der Waals surface area contributed by atoms with E-state index < -0.39 is 29.4 Å². The van der Waals surface area contributed by atoms with Gasteiger partial charge in [0.25, 0.3) is 5.91 Å². The minimum Gasteiger partial charge on any atom is -0.458 e. The third-order valence-corrected chi connectivity index (χ3v) is 6.00. The molecule has 2 unspecified atom stereocenters. The number of ketones is 2. The molecule has 1 saturated heterocycles. The molecule has 0 spiro atoms. The number of anilines is 1. The van der Waals surface area contributed by atoms with Crippen LogP contribution < -0.4 is 9.88 Å². The predicted molar refractivity (Wildman–Crippen MR) is 103 cm³/mol. The molecule has 3 aromatic heterocycles. The summed E-state index contributed by atoms with van der Waals surface area (Å²) in [6, 6.07) is 5.85. The lowest BCUT2D eigenvalue weighted by Crippen LogP contribution is -2.31. The molecule has 1 aliphatic heterocycles. The molecule has 1 N–H and O–H groups in total. The SMILES string of the molecule is Cc1ccc(C(=O)C2C(=O)C(=O)N(c3nnc(C(C)C)s3)C2c2ccc[nH+]c2)o1. The van der Waals surface area contributed by atoms with Gasteiger partial charge >= 0.3 is 0 Å². The Labute approximate surface area is 170 Å². The minimum absolute atomic E-state index is 0.0561. The summed E-state index contributed by atoms with van der Waals surface area (Å²) >= 11 is 1.24. The van der Waals surface area contributed by atoms with Gasteiger partial charge in [0, 0.05) is 17.5 Å². The van der Waals surface area contributed by atoms with Crippen molar-refractivity contribution in [2.24, 2.45) is 5.92 Å². The van der Waals surface area contributed by atoms with Crippen LogP contribution in [0.2, 0.25) is 0 Å². The second-order valence-electron chi connectivity index (χ2n) is 7.15. The molecule has 8 nitrogen and oxygen atoms in total. The molecule has 1 fully saturated rings. The van der Waals surface area contributed by atoms with E-state index in [4.69, 9.17) is 4.42 Å². The molecule has 0 aliphatic carbocycles. The Morgan fingerprint density at radius 3 is 2.62 bits per heavy atom. The van der Waals surface area contributed by atoms with E-state index in [1.165, 1.54) is 22.3 Å². The number of pyridine rings is 1. The van der Waals surface area contributed by atoms with Crippen LogP contribution in [-0.4, -0.2) is 27.7 Å². The number of Topliss-reactive ketones (excluding diaryl/α,β-unsaturated/α-hetero) is 2. The van der Waals surface area contributed by atoms with Crippen molar-refractivity contribution in [3.8, 4) is 0 Å². The van der Waals surface area contributed by atoms with Gasteiger partial charge in [-0.3, -0.25) is 19.3 Å². The maximum absolute atomic E-state index is 13.2. The Morgan fingerprint density at radius 2 is 2.03 bits per heavy atom. The number of rotatable bonds is 5. The van der Waals surface area contributed by atoms with Crippen LogP contribution in [0.25, 0.3) is 0 Å². The van der Waals surface area contributed by atoms with Crippen molar-refractivity contribution >= 4 is 33.9 Å². The van der Waals surface area contributed by atoms with Crippen LogP contribution in [0, 0.1) is 12.8 Å². The summed E-state index contributed by atoms with van der Waals surface area (Å²) in [7, 11) is 0. The van der Waals surface area contributed by atoms with E-state index in [9.17, 15) is 14.4 Å². The minimum atomic E-state index is -1.23. The first kappa shape index (κ1) is 19.1. The van der Waals surface area contributed by atoms with Crippen LogP contribution in [0.4, 0.5) is 5.13 Å². The van der Waals surface area contributed by atoms with Crippen molar-refractivity contribution in [2.45, 2.75) is 32.7 Å². The van der Waals surface area contributed by atoms with Crippen LogP contribution in [0.1, 0.15) is 52.7 Å². The topological polar surface area (TPSA) is 108 Å². The number of nitrogens with one attached hydrogen (secondary N) is 1. The fourth-order valence-corrected chi connectivity index (χ4v) is 4.23. The monoisotopic (exact) mass is 411 g/mol. The predicted octanol–water partition coefficient (Wildman–Crippen LogP) is 2.53. The molecule has 148 valence electrons. The summed E-state index contributed by atoms with van der Waals surface area (Å²) in [6.07, 6.45) is 3.38. The number of carbonyl (C=O) groups is 3. The fraction of sp³-hybridized carbons (Fsp3) is 0.300. The number of aromatic nitrogens is 3. The van der Waals surface area contributed by atoms with Gasteiger partial charge in [0.15, 0.2) is 18.2 Å². The average Bonchev–Trinajstić information content (AvgIpc) is 3.41.